The summed E-state index contributed by atoms with van der Waals surface area (Å²) < 4.78 is 0. The number of rotatable bonds is 4. The molecule has 0 saturated heterocycles. The van der Waals surface area contributed by atoms with Gasteiger partial charge in [0.25, 0.3) is 0 Å². The lowest BCUT2D eigenvalue weighted by Gasteiger charge is -2.22. The molecular formula is C14H24N2. The van der Waals surface area contributed by atoms with E-state index in [2.05, 4.69) is 38.7 Å². The Hall–Kier alpha value is -0.890. The molecule has 0 aliphatic rings. The first-order valence-corrected chi connectivity index (χ1v) is 6.12. The zero-order valence-electron chi connectivity index (χ0n) is 11.0. The molecule has 1 heterocycles. The smallest absolute Gasteiger partial charge is 0.0303 e. The van der Waals surface area contributed by atoms with Crippen molar-refractivity contribution in [1.82, 2.24) is 4.98 Å². The van der Waals surface area contributed by atoms with Crippen LogP contribution in [-0.4, -0.2) is 4.98 Å². The zero-order valence-corrected chi connectivity index (χ0v) is 11.0. The number of aromatic nitrogens is 1. The molecule has 16 heavy (non-hydrogen) atoms. The van der Waals surface area contributed by atoms with Crippen molar-refractivity contribution >= 4 is 0 Å². The summed E-state index contributed by atoms with van der Waals surface area (Å²) in [4.78, 5) is 4.15. The van der Waals surface area contributed by atoms with E-state index in [1.807, 2.05) is 12.4 Å². The van der Waals surface area contributed by atoms with Gasteiger partial charge in [0.15, 0.2) is 0 Å². The fraction of sp³-hybridized carbons (Fsp3) is 0.643. The second-order valence-electron chi connectivity index (χ2n) is 5.63. The van der Waals surface area contributed by atoms with E-state index in [9.17, 15) is 0 Å². The van der Waals surface area contributed by atoms with Crippen LogP contribution in [0.3, 0.4) is 0 Å². The van der Waals surface area contributed by atoms with Crippen molar-refractivity contribution in [2.24, 2.45) is 11.1 Å². The summed E-state index contributed by atoms with van der Waals surface area (Å²) >= 11 is 0. The molecule has 1 unspecified atom stereocenters. The second-order valence-corrected chi connectivity index (χ2v) is 5.63. The van der Waals surface area contributed by atoms with Gasteiger partial charge in [0.1, 0.15) is 0 Å². The van der Waals surface area contributed by atoms with Crippen LogP contribution >= 0.6 is 0 Å². The van der Waals surface area contributed by atoms with E-state index in [1.54, 1.807) is 0 Å². The lowest BCUT2D eigenvalue weighted by molar-refractivity contribution is 0.349. The van der Waals surface area contributed by atoms with Crippen molar-refractivity contribution in [2.75, 3.05) is 0 Å². The van der Waals surface area contributed by atoms with Gasteiger partial charge in [-0.3, -0.25) is 4.98 Å². The minimum Gasteiger partial charge on any atom is -0.324 e. The molecule has 2 N–H and O–H groups in total. The average Bonchev–Trinajstić information content (AvgIpc) is 2.25. The summed E-state index contributed by atoms with van der Waals surface area (Å²) in [5.74, 6) is 0. The number of hydrogen-bond donors (Lipinski definition) is 1. The van der Waals surface area contributed by atoms with Crippen LogP contribution in [0.4, 0.5) is 0 Å². The molecule has 2 nitrogen and oxygen atoms in total. The Morgan fingerprint density at radius 1 is 1.38 bits per heavy atom. The van der Waals surface area contributed by atoms with Crippen molar-refractivity contribution in [3.63, 3.8) is 0 Å². The van der Waals surface area contributed by atoms with Crippen LogP contribution in [-0.2, 0) is 6.42 Å². The van der Waals surface area contributed by atoms with E-state index >= 15 is 0 Å². The molecule has 0 radical (unpaired) electrons. The molecule has 0 aromatic carbocycles. The Morgan fingerprint density at radius 2 is 2.06 bits per heavy atom. The molecule has 2 heteroatoms. The van der Waals surface area contributed by atoms with Gasteiger partial charge in [-0.25, -0.2) is 0 Å². The number of nitrogens with zero attached hydrogens (tertiary/aromatic N) is 1. The molecular weight excluding hydrogens is 196 g/mol. The largest absolute Gasteiger partial charge is 0.324 e. The first-order valence-electron chi connectivity index (χ1n) is 6.12. The number of nitrogens with two attached hydrogens (primary N) is 1. The molecule has 1 aromatic heterocycles. The highest BCUT2D eigenvalue weighted by Gasteiger charge is 2.15. The number of pyridine rings is 1. The lowest BCUT2D eigenvalue weighted by Crippen LogP contribution is -2.16. The fourth-order valence-electron chi connectivity index (χ4n) is 1.84. The second kappa shape index (κ2) is 5.44. The van der Waals surface area contributed by atoms with Crippen LogP contribution in [0.25, 0.3) is 0 Å². The molecule has 90 valence electrons. The predicted octanol–water partition coefficient (Wildman–Crippen LogP) is 3.47. The summed E-state index contributed by atoms with van der Waals surface area (Å²) in [6.45, 7) is 8.92. The van der Waals surface area contributed by atoms with Crippen molar-refractivity contribution in [3.8, 4) is 0 Å². The maximum Gasteiger partial charge on any atom is 0.0303 e. The molecule has 1 aromatic rings. The number of aryl methyl sites for hydroxylation is 1. The first-order chi connectivity index (χ1) is 7.44. The van der Waals surface area contributed by atoms with Gasteiger partial charge in [0.05, 0.1) is 0 Å². The third-order valence-corrected chi connectivity index (χ3v) is 2.93. The van der Waals surface area contributed by atoms with Gasteiger partial charge < -0.3 is 5.73 Å². The summed E-state index contributed by atoms with van der Waals surface area (Å²) in [6.07, 6.45) is 6.98. The van der Waals surface area contributed by atoms with Crippen molar-refractivity contribution in [1.29, 1.82) is 0 Å². The van der Waals surface area contributed by atoms with Crippen molar-refractivity contribution in [3.05, 3.63) is 29.6 Å². The van der Waals surface area contributed by atoms with Crippen molar-refractivity contribution < 1.29 is 0 Å². The molecule has 0 fully saturated rings. The van der Waals surface area contributed by atoms with Gasteiger partial charge in [0.2, 0.25) is 0 Å². The Labute approximate surface area is 99.3 Å². The third-order valence-electron chi connectivity index (χ3n) is 2.93. The van der Waals surface area contributed by atoms with Crippen LogP contribution in [0, 0.1) is 5.41 Å². The summed E-state index contributed by atoms with van der Waals surface area (Å²) in [5.41, 5.74) is 9.16. The monoisotopic (exact) mass is 220 g/mol. The van der Waals surface area contributed by atoms with E-state index in [0.29, 0.717) is 5.41 Å². The standard InChI is InChI=1S/C14H24N2/c1-5-11-10-16-9-7-12(11)13(15)6-8-14(2,3)4/h7,9-10,13H,5-6,8,15H2,1-4H3. The summed E-state index contributed by atoms with van der Waals surface area (Å²) in [7, 11) is 0. The topological polar surface area (TPSA) is 38.9 Å². The molecule has 0 amide bonds. The molecule has 1 atom stereocenters. The summed E-state index contributed by atoms with van der Waals surface area (Å²) in [6, 6.07) is 2.21. The Bertz CT molecular complexity index is 326. The molecule has 0 aliphatic carbocycles. The van der Waals surface area contributed by atoms with Crippen molar-refractivity contribution in [2.45, 2.75) is 53.0 Å². The van der Waals surface area contributed by atoms with E-state index in [1.165, 1.54) is 11.1 Å². The first kappa shape index (κ1) is 13.2. The molecule has 0 saturated carbocycles. The maximum atomic E-state index is 6.25. The Kier molecular flexibility index (Phi) is 4.48. The van der Waals surface area contributed by atoms with Crippen LogP contribution in [0.1, 0.15) is 57.7 Å². The number of hydrogen-bond acceptors (Lipinski definition) is 2. The predicted molar refractivity (Wildman–Crippen MR) is 69.2 cm³/mol. The zero-order chi connectivity index (χ0) is 12.2. The normalized spacial score (nSPS) is 13.8. The highest BCUT2D eigenvalue weighted by molar-refractivity contribution is 5.26. The van der Waals surface area contributed by atoms with Gasteiger partial charge >= 0.3 is 0 Å². The van der Waals surface area contributed by atoms with Gasteiger partial charge in [-0.1, -0.05) is 27.7 Å². The van der Waals surface area contributed by atoms with Gasteiger partial charge in [0, 0.05) is 18.4 Å². The van der Waals surface area contributed by atoms with Crippen LogP contribution in [0.5, 0.6) is 0 Å². The molecule has 0 aliphatic heterocycles. The van der Waals surface area contributed by atoms with Crippen LogP contribution < -0.4 is 5.73 Å². The highest BCUT2D eigenvalue weighted by Crippen LogP contribution is 2.27. The van der Waals surface area contributed by atoms with E-state index in [-0.39, 0.29) is 6.04 Å². The van der Waals surface area contributed by atoms with E-state index in [4.69, 9.17) is 5.73 Å². The van der Waals surface area contributed by atoms with Gasteiger partial charge in [-0.15, -0.1) is 0 Å². The molecule has 1 rings (SSSR count). The quantitative estimate of drug-likeness (QED) is 0.843. The Balaban J connectivity index is 2.69. The highest BCUT2D eigenvalue weighted by atomic mass is 14.7. The minimum atomic E-state index is 0.150. The minimum absolute atomic E-state index is 0.150. The Morgan fingerprint density at radius 3 is 2.62 bits per heavy atom. The van der Waals surface area contributed by atoms with Crippen LogP contribution in [0.2, 0.25) is 0 Å². The molecule has 0 spiro atoms. The fourth-order valence-corrected chi connectivity index (χ4v) is 1.84. The average molecular weight is 220 g/mol. The summed E-state index contributed by atoms with van der Waals surface area (Å²) in [5, 5.41) is 0. The van der Waals surface area contributed by atoms with Crippen LogP contribution in [0.15, 0.2) is 18.5 Å². The maximum absolute atomic E-state index is 6.25. The van der Waals surface area contributed by atoms with E-state index < -0.39 is 0 Å². The van der Waals surface area contributed by atoms with E-state index in [0.717, 1.165) is 19.3 Å². The SMILES string of the molecule is CCc1cnccc1C(N)CCC(C)(C)C. The molecule has 0 bridgehead atoms. The lowest BCUT2D eigenvalue weighted by atomic mass is 9.86. The van der Waals surface area contributed by atoms with Gasteiger partial charge in [-0.05, 0) is 41.9 Å². The third kappa shape index (κ3) is 3.93. The van der Waals surface area contributed by atoms with Gasteiger partial charge in [-0.2, -0.15) is 0 Å².